The number of halogens is 1. The summed E-state index contributed by atoms with van der Waals surface area (Å²) >= 11 is 3.43. The number of ether oxygens (including phenoxy) is 1. The Morgan fingerprint density at radius 2 is 2.14 bits per heavy atom. The highest BCUT2D eigenvalue weighted by molar-refractivity contribution is 9.10. The lowest BCUT2D eigenvalue weighted by atomic mass is 9.98. The van der Waals surface area contributed by atoms with Crippen molar-refractivity contribution in [1.29, 1.82) is 0 Å². The molecule has 0 radical (unpaired) electrons. The molecule has 118 valence electrons. The molecule has 0 unspecified atom stereocenters. The molecule has 1 fully saturated rings. The number of nitrogens with one attached hydrogen (secondary N) is 1. The number of rotatable bonds is 6. The minimum Gasteiger partial charge on any atom is -0.376 e. The lowest BCUT2D eigenvalue weighted by Gasteiger charge is -2.22. The first-order chi connectivity index (χ1) is 10.1. The van der Waals surface area contributed by atoms with Gasteiger partial charge in [-0.15, -0.1) is 0 Å². The summed E-state index contributed by atoms with van der Waals surface area (Å²) in [6, 6.07) is 2.12. The second-order valence-corrected chi connectivity index (χ2v) is 6.85. The van der Waals surface area contributed by atoms with E-state index in [4.69, 9.17) is 4.74 Å². The van der Waals surface area contributed by atoms with Gasteiger partial charge in [0.25, 0.3) is 5.91 Å². The van der Waals surface area contributed by atoms with Crippen LogP contribution < -0.4 is 5.32 Å². The van der Waals surface area contributed by atoms with Crippen molar-refractivity contribution in [2.45, 2.75) is 58.1 Å². The maximum atomic E-state index is 12.2. The van der Waals surface area contributed by atoms with Crippen molar-refractivity contribution in [2.24, 2.45) is 0 Å². The van der Waals surface area contributed by atoms with Gasteiger partial charge in [0, 0.05) is 23.3 Å². The number of aromatic nitrogens is 1. The zero-order valence-electron chi connectivity index (χ0n) is 12.9. The SMILES string of the molecule is CC(C)n1cc(Br)cc1C(=O)NCCOC1CCCCC1. The van der Waals surface area contributed by atoms with Crippen molar-refractivity contribution in [1.82, 2.24) is 9.88 Å². The summed E-state index contributed by atoms with van der Waals surface area (Å²) in [4.78, 5) is 12.2. The van der Waals surface area contributed by atoms with E-state index in [2.05, 4.69) is 35.1 Å². The van der Waals surface area contributed by atoms with E-state index in [1.165, 1.54) is 19.3 Å². The Hall–Kier alpha value is -0.810. The van der Waals surface area contributed by atoms with Crippen molar-refractivity contribution in [3.05, 3.63) is 22.4 Å². The van der Waals surface area contributed by atoms with Crippen molar-refractivity contribution >= 4 is 21.8 Å². The van der Waals surface area contributed by atoms with E-state index in [0.717, 1.165) is 17.3 Å². The molecular weight excluding hydrogens is 332 g/mol. The molecule has 1 aliphatic rings. The van der Waals surface area contributed by atoms with E-state index in [1.807, 2.05) is 16.8 Å². The van der Waals surface area contributed by atoms with Crippen LogP contribution in [-0.4, -0.2) is 29.7 Å². The molecule has 1 N–H and O–H groups in total. The lowest BCUT2D eigenvalue weighted by molar-refractivity contribution is 0.0299. The molecule has 0 spiro atoms. The van der Waals surface area contributed by atoms with Gasteiger partial charge >= 0.3 is 0 Å². The molecule has 1 heterocycles. The largest absolute Gasteiger partial charge is 0.376 e. The highest BCUT2D eigenvalue weighted by Crippen LogP contribution is 2.20. The van der Waals surface area contributed by atoms with Crippen LogP contribution in [0.5, 0.6) is 0 Å². The summed E-state index contributed by atoms with van der Waals surface area (Å²) in [5.41, 5.74) is 0.689. The second kappa shape index (κ2) is 7.99. The minimum absolute atomic E-state index is 0.0401. The first kappa shape index (κ1) is 16.6. The van der Waals surface area contributed by atoms with Crippen LogP contribution in [0.25, 0.3) is 0 Å². The maximum absolute atomic E-state index is 12.2. The molecule has 4 nitrogen and oxygen atoms in total. The van der Waals surface area contributed by atoms with E-state index >= 15 is 0 Å². The summed E-state index contributed by atoms with van der Waals surface area (Å²) in [6.07, 6.45) is 8.54. The van der Waals surface area contributed by atoms with Gasteiger partial charge in [0.2, 0.25) is 0 Å². The standard InChI is InChI=1S/C16H25BrN2O2/c1-12(2)19-11-13(17)10-15(19)16(20)18-8-9-21-14-6-4-3-5-7-14/h10-12,14H,3-9H2,1-2H3,(H,18,20). The lowest BCUT2D eigenvalue weighted by Crippen LogP contribution is -2.31. The van der Waals surface area contributed by atoms with Crippen LogP contribution in [0.1, 0.15) is 62.5 Å². The molecule has 21 heavy (non-hydrogen) atoms. The molecule has 2 rings (SSSR count). The fourth-order valence-electron chi connectivity index (χ4n) is 2.77. The summed E-state index contributed by atoms with van der Waals surface area (Å²) in [5.74, 6) is -0.0401. The van der Waals surface area contributed by atoms with Crippen molar-refractivity contribution in [2.75, 3.05) is 13.2 Å². The Morgan fingerprint density at radius 3 is 2.81 bits per heavy atom. The smallest absolute Gasteiger partial charge is 0.268 e. The van der Waals surface area contributed by atoms with Crippen LogP contribution in [-0.2, 0) is 4.74 Å². The Labute approximate surface area is 135 Å². The highest BCUT2D eigenvalue weighted by Gasteiger charge is 2.16. The van der Waals surface area contributed by atoms with Gasteiger partial charge in [0.1, 0.15) is 5.69 Å². The van der Waals surface area contributed by atoms with Crippen LogP contribution in [0.4, 0.5) is 0 Å². The Bertz CT molecular complexity index is 465. The van der Waals surface area contributed by atoms with E-state index in [1.54, 1.807) is 0 Å². The molecule has 0 aliphatic heterocycles. The number of carbonyl (C=O) groups excluding carboxylic acids is 1. The Morgan fingerprint density at radius 1 is 1.43 bits per heavy atom. The summed E-state index contributed by atoms with van der Waals surface area (Å²) in [6.45, 7) is 5.29. The molecule has 0 atom stereocenters. The summed E-state index contributed by atoms with van der Waals surface area (Å²) in [5, 5.41) is 2.94. The highest BCUT2D eigenvalue weighted by atomic mass is 79.9. The van der Waals surface area contributed by atoms with Crippen LogP contribution >= 0.6 is 15.9 Å². The fourth-order valence-corrected chi connectivity index (χ4v) is 3.20. The number of carbonyl (C=O) groups is 1. The van der Waals surface area contributed by atoms with Gasteiger partial charge in [-0.1, -0.05) is 19.3 Å². The number of nitrogens with zero attached hydrogens (tertiary/aromatic N) is 1. The molecular formula is C16H25BrN2O2. The molecule has 1 aromatic heterocycles. The van der Waals surface area contributed by atoms with E-state index < -0.39 is 0 Å². The number of amides is 1. The van der Waals surface area contributed by atoms with E-state index in [-0.39, 0.29) is 11.9 Å². The topological polar surface area (TPSA) is 43.3 Å². The number of hydrogen-bond acceptors (Lipinski definition) is 2. The third kappa shape index (κ3) is 4.85. The normalized spacial score (nSPS) is 16.4. The first-order valence-corrected chi connectivity index (χ1v) is 8.64. The van der Waals surface area contributed by atoms with Crippen LogP contribution in [0.3, 0.4) is 0 Å². The summed E-state index contributed by atoms with van der Waals surface area (Å²) in [7, 11) is 0. The molecule has 5 heteroatoms. The molecule has 0 saturated heterocycles. The molecule has 0 aromatic carbocycles. The molecule has 0 bridgehead atoms. The van der Waals surface area contributed by atoms with Crippen LogP contribution in [0.15, 0.2) is 16.7 Å². The van der Waals surface area contributed by atoms with Gasteiger partial charge in [0.15, 0.2) is 0 Å². The van der Waals surface area contributed by atoms with Crippen molar-refractivity contribution in [3.63, 3.8) is 0 Å². The van der Waals surface area contributed by atoms with E-state index in [9.17, 15) is 4.79 Å². The van der Waals surface area contributed by atoms with Gasteiger partial charge < -0.3 is 14.6 Å². The van der Waals surface area contributed by atoms with E-state index in [0.29, 0.717) is 24.9 Å². The first-order valence-electron chi connectivity index (χ1n) is 7.85. The van der Waals surface area contributed by atoms with Crippen molar-refractivity contribution in [3.8, 4) is 0 Å². The quantitative estimate of drug-likeness (QED) is 0.785. The van der Waals surface area contributed by atoms with Gasteiger partial charge in [-0.05, 0) is 48.7 Å². The predicted octanol–water partition coefficient (Wildman–Crippen LogP) is 3.91. The van der Waals surface area contributed by atoms with Gasteiger partial charge in [-0.2, -0.15) is 0 Å². The third-order valence-corrected chi connectivity index (χ3v) is 4.33. The molecule has 1 saturated carbocycles. The Kier molecular flexibility index (Phi) is 6.30. The van der Waals surface area contributed by atoms with Gasteiger partial charge in [-0.3, -0.25) is 4.79 Å². The minimum atomic E-state index is -0.0401. The van der Waals surface area contributed by atoms with Crippen LogP contribution in [0, 0.1) is 0 Å². The maximum Gasteiger partial charge on any atom is 0.268 e. The van der Waals surface area contributed by atoms with Gasteiger partial charge in [0.05, 0.1) is 12.7 Å². The molecule has 1 aromatic rings. The average Bonchev–Trinajstić information content (AvgIpc) is 2.87. The average molecular weight is 357 g/mol. The van der Waals surface area contributed by atoms with Crippen molar-refractivity contribution < 1.29 is 9.53 Å². The second-order valence-electron chi connectivity index (χ2n) is 5.93. The van der Waals surface area contributed by atoms with Gasteiger partial charge in [-0.25, -0.2) is 0 Å². The third-order valence-electron chi connectivity index (χ3n) is 3.90. The van der Waals surface area contributed by atoms with Crippen LogP contribution in [0.2, 0.25) is 0 Å². The molecule has 1 aliphatic carbocycles. The summed E-state index contributed by atoms with van der Waals surface area (Å²) < 4.78 is 8.73. The predicted molar refractivity (Wildman–Crippen MR) is 87.7 cm³/mol. The monoisotopic (exact) mass is 356 g/mol. The fraction of sp³-hybridized carbons (Fsp3) is 0.688. The molecule has 1 amide bonds. The number of hydrogen-bond donors (Lipinski definition) is 1. The zero-order chi connectivity index (χ0) is 15.2. The Balaban J connectivity index is 1.76. The zero-order valence-corrected chi connectivity index (χ0v) is 14.5.